The third-order valence-electron chi connectivity index (χ3n) is 3.38. The number of anilines is 1. The highest BCUT2D eigenvalue weighted by molar-refractivity contribution is 6.31. The Kier molecular flexibility index (Phi) is 5.19. The summed E-state index contributed by atoms with van der Waals surface area (Å²) in [6, 6.07) is 0.360. The van der Waals surface area contributed by atoms with Crippen molar-refractivity contribution in [3.63, 3.8) is 0 Å². The van der Waals surface area contributed by atoms with E-state index in [0.717, 1.165) is 24.2 Å². The minimum atomic E-state index is 0.360. The minimum Gasteiger partial charge on any atom is -0.365 e. The van der Waals surface area contributed by atoms with E-state index in [9.17, 15) is 0 Å². The molecular weight excluding hydrogens is 234 g/mol. The number of hydrogen-bond donors (Lipinski definition) is 1. The summed E-state index contributed by atoms with van der Waals surface area (Å²) in [4.78, 5) is 8.74. The maximum Gasteiger partial charge on any atom is 0.171 e. The lowest BCUT2D eigenvalue weighted by Crippen LogP contribution is -2.26. The summed E-state index contributed by atoms with van der Waals surface area (Å²) in [5, 5.41) is 3.84. The monoisotopic (exact) mass is 255 g/mol. The van der Waals surface area contributed by atoms with Crippen molar-refractivity contribution >= 4 is 17.4 Å². The minimum absolute atomic E-state index is 0.360. The maximum absolute atomic E-state index is 6.10. The zero-order valence-corrected chi connectivity index (χ0v) is 12.1. The Morgan fingerprint density at radius 2 is 1.65 bits per heavy atom. The first kappa shape index (κ1) is 14.2. The van der Waals surface area contributed by atoms with Gasteiger partial charge in [0.1, 0.15) is 0 Å². The van der Waals surface area contributed by atoms with Crippen LogP contribution in [0.25, 0.3) is 0 Å². The Labute approximate surface area is 109 Å². The average molecular weight is 256 g/mol. The van der Waals surface area contributed by atoms with E-state index in [1.807, 2.05) is 13.8 Å². The van der Waals surface area contributed by atoms with Crippen LogP contribution < -0.4 is 5.32 Å². The van der Waals surface area contributed by atoms with Crippen LogP contribution in [0, 0.1) is 19.8 Å². The predicted octanol–water partition coefficient (Wildman–Crippen LogP) is 3.98. The number of aryl methyl sites for hydroxylation is 2. The molecule has 17 heavy (non-hydrogen) atoms. The molecule has 1 aromatic rings. The molecule has 1 rings (SSSR count). The Bertz CT molecular complexity index is 375. The smallest absolute Gasteiger partial charge is 0.171 e. The fraction of sp³-hybridized carbons (Fsp3) is 0.692. The third-order valence-corrected chi connectivity index (χ3v) is 3.65. The SMILES string of the molecule is CCC(CC)C(C)Nc1nc(C)c(C)nc1Cl. The Morgan fingerprint density at radius 3 is 2.18 bits per heavy atom. The van der Waals surface area contributed by atoms with Gasteiger partial charge in [0.2, 0.25) is 0 Å². The second kappa shape index (κ2) is 6.20. The molecule has 0 aliphatic heterocycles. The molecule has 1 unspecified atom stereocenters. The van der Waals surface area contributed by atoms with Crippen molar-refractivity contribution in [3.05, 3.63) is 16.5 Å². The molecule has 1 aromatic heterocycles. The van der Waals surface area contributed by atoms with Crippen LogP contribution in [0.2, 0.25) is 5.15 Å². The summed E-state index contributed by atoms with van der Waals surface area (Å²) in [5.41, 5.74) is 1.81. The molecule has 0 spiro atoms. The van der Waals surface area contributed by atoms with Gasteiger partial charge < -0.3 is 5.32 Å². The zero-order valence-electron chi connectivity index (χ0n) is 11.3. The molecule has 0 aliphatic rings. The van der Waals surface area contributed by atoms with Crippen LogP contribution in [-0.2, 0) is 0 Å². The second-order valence-electron chi connectivity index (χ2n) is 4.54. The molecule has 0 fully saturated rings. The fourth-order valence-electron chi connectivity index (χ4n) is 2.00. The Balaban J connectivity index is 2.84. The van der Waals surface area contributed by atoms with E-state index < -0.39 is 0 Å². The van der Waals surface area contributed by atoms with Gasteiger partial charge in [-0.15, -0.1) is 0 Å². The van der Waals surface area contributed by atoms with Crippen molar-refractivity contribution in [2.24, 2.45) is 5.92 Å². The highest BCUT2D eigenvalue weighted by Crippen LogP contribution is 2.22. The van der Waals surface area contributed by atoms with E-state index in [4.69, 9.17) is 11.6 Å². The van der Waals surface area contributed by atoms with Gasteiger partial charge in [0.15, 0.2) is 11.0 Å². The van der Waals surface area contributed by atoms with Crippen LogP contribution in [0.3, 0.4) is 0 Å². The molecule has 0 radical (unpaired) electrons. The first-order chi connectivity index (χ1) is 7.99. The largest absolute Gasteiger partial charge is 0.365 e. The molecule has 96 valence electrons. The van der Waals surface area contributed by atoms with E-state index in [2.05, 4.69) is 36.1 Å². The molecular formula is C13H22ClN3. The van der Waals surface area contributed by atoms with Gasteiger partial charge in [0, 0.05) is 6.04 Å². The molecule has 0 saturated carbocycles. The van der Waals surface area contributed by atoms with Gasteiger partial charge in [-0.05, 0) is 26.7 Å². The van der Waals surface area contributed by atoms with Gasteiger partial charge >= 0.3 is 0 Å². The van der Waals surface area contributed by atoms with Gasteiger partial charge in [-0.2, -0.15) is 0 Å². The van der Waals surface area contributed by atoms with Gasteiger partial charge in [-0.1, -0.05) is 38.3 Å². The van der Waals surface area contributed by atoms with Crippen molar-refractivity contribution in [1.29, 1.82) is 0 Å². The van der Waals surface area contributed by atoms with Crippen LogP contribution in [0.15, 0.2) is 0 Å². The number of hydrogen-bond acceptors (Lipinski definition) is 3. The van der Waals surface area contributed by atoms with Crippen LogP contribution in [-0.4, -0.2) is 16.0 Å². The highest BCUT2D eigenvalue weighted by atomic mass is 35.5. The van der Waals surface area contributed by atoms with Crippen LogP contribution >= 0.6 is 11.6 Å². The molecule has 3 nitrogen and oxygen atoms in total. The molecule has 1 atom stereocenters. The van der Waals surface area contributed by atoms with Crippen molar-refractivity contribution in [2.75, 3.05) is 5.32 Å². The van der Waals surface area contributed by atoms with E-state index >= 15 is 0 Å². The average Bonchev–Trinajstić information content (AvgIpc) is 2.27. The van der Waals surface area contributed by atoms with Crippen LogP contribution in [0.1, 0.15) is 45.0 Å². The maximum atomic E-state index is 6.10. The standard InChI is InChI=1S/C13H22ClN3/c1-6-11(7-2)10(5)17-13-12(14)15-8(3)9(4)16-13/h10-11H,6-7H2,1-5H3,(H,16,17). The van der Waals surface area contributed by atoms with Gasteiger partial charge in [-0.3, -0.25) is 0 Å². The highest BCUT2D eigenvalue weighted by Gasteiger charge is 2.16. The molecule has 1 heterocycles. The lowest BCUT2D eigenvalue weighted by atomic mass is 9.95. The first-order valence-corrected chi connectivity index (χ1v) is 6.64. The summed E-state index contributed by atoms with van der Waals surface area (Å²) >= 11 is 6.10. The van der Waals surface area contributed by atoms with E-state index in [0.29, 0.717) is 22.9 Å². The molecule has 0 saturated heterocycles. The zero-order chi connectivity index (χ0) is 13.0. The van der Waals surface area contributed by atoms with Crippen molar-refractivity contribution in [1.82, 2.24) is 9.97 Å². The number of aromatic nitrogens is 2. The van der Waals surface area contributed by atoms with Gasteiger partial charge in [-0.25, -0.2) is 9.97 Å². The molecule has 0 bridgehead atoms. The summed E-state index contributed by atoms with van der Waals surface area (Å²) < 4.78 is 0. The lowest BCUT2D eigenvalue weighted by molar-refractivity contribution is 0.437. The van der Waals surface area contributed by atoms with Crippen LogP contribution in [0.4, 0.5) is 5.82 Å². The van der Waals surface area contributed by atoms with Crippen molar-refractivity contribution in [3.8, 4) is 0 Å². The van der Waals surface area contributed by atoms with Crippen molar-refractivity contribution < 1.29 is 0 Å². The molecule has 0 aromatic carbocycles. The van der Waals surface area contributed by atoms with Crippen molar-refractivity contribution in [2.45, 2.75) is 53.5 Å². The Hall–Kier alpha value is -0.830. The van der Waals surface area contributed by atoms with E-state index in [1.54, 1.807) is 0 Å². The summed E-state index contributed by atoms with van der Waals surface area (Å²) in [6.45, 7) is 10.5. The second-order valence-corrected chi connectivity index (χ2v) is 4.90. The van der Waals surface area contributed by atoms with Gasteiger partial charge in [0.05, 0.1) is 11.4 Å². The predicted molar refractivity (Wildman–Crippen MR) is 73.7 cm³/mol. The fourth-order valence-corrected chi connectivity index (χ4v) is 2.22. The first-order valence-electron chi connectivity index (χ1n) is 6.26. The molecule has 1 N–H and O–H groups in total. The topological polar surface area (TPSA) is 37.8 Å². The van der Waals surface area contributed by atoms with Gasteiger partial charge in [0.25, 0.3) is 0 Å². The molecule has 4 heteroatoms. The van der Waals surface area contributed by atoms with Crippen LogP contribution in [0.5, 0.6) is 0 Å². The number of nitrogens with zero attached hydrogens (tertiary/aromatic N) is 2. The Morgan fingerprint density at radius 1 is 1.12 bits per heavy atom. The number of rotatable bonds is 5. The summed E-state index contributed by atoms with van der Waals surface area (Å²) in [6.07, 6.45) is 2.31. The molecule has 0 amide bonds. The number of nitrogens with one attached hydrogen (secondary N) is 1. The number of halogens is 1. The third kappa shape index (κ3) is 3.56. The molecule has 0 aliphatic carbocycles. The quantitative estimate of drug-likeness (QED) is 0.865. The van der Waals surface area contributed by atoms with E-state index in [1.165, 1.54) is 0 Å². The summed E-state index contributed by atoms with van der Waals surface area (Å²) in [7, 11) is 0. The lowest BCUT2D eigenvalue weighted by Gasteiger charge is -2.23. The summed E-state index contributed by atoms with van der Waals surface area (Å²) in [5.74, 6) is 1.34. The normalized spacial score (nSPS) is 12.9. The van der Waals surface area contributed by atoms with E-state index in [-0.39, 0.29) is 0 Å².